The van der Waals surface area contributed by atoms with Gasteiger partial charge in [0.25, 0.3) is 0 Å². The monoisotopic (exact) mass is 272 g/mol. The molecule has 1 amide bonds. The summed E-state index contributed by atoms with van der Waals surface area (Å²) in [5, 5.41) is 3.97. The van der Waals surface area contributed by atoms with Gasteiger partial charge in [0.15, 0.2) is 0 Å². The largest absolute Gasteiger partial charge is 0.344 e. The van der Waals surface area contributed by atoms with Crippen molar-refractivity contribution in [1.29, 1.82) is 0 Å². The van der Waals surface area contributed by atoms with Crippen LogP contribution < -0.4 is 4.90 Å². The van der Waals surface area contributed by atoms with Crippen LogP contribution in [0.15, 0.2) is 34.9 Å². The third-order valence-corrected chi connectivity index (χ3v) is 3.62. The Hall–Kier alpha value is -2.37. The number of hydrogen-bond donors (Lipinski definition) is 0. The van der Waals surface area contributed by atoms with Crippen LogP contribution >= 0.6 is 0 Å². The SMILES string of the molecule is CN1CCC(N(C)c2nc(-c3ccccc3)no2)C1=O. The Kier molecular flexibility index (Phi) is 3.14. The van der Waals surface area contributed by atoms with E-state index in [0.29, 0.717) is 11.8 Å². The van der Waals surface area contributed by atoms with Crippen LogP contribution in [0.2, 0.25) is 0 Å². The molecule has 1 atom stereocenters. The van der Waals surface area contributed by atoms with Gasteiger partial charge >= 0.3 is 6.01 Å². The molecule has 2 heterocycles. The number of hydrogen-bond acceptors (Lipinski definition) is 5. The number of rotatable bonds is 3. The van der Waals surface area contributed by atoms with Crippen LogP contribution in [0.1, 0.15) is 6.42 Å². The van der Waals surface area contributed by atoms with E-state index in [2.05, 4.69) is 10.1 Å². The molecule has 1 aliphatic heterocycles. The van der Waals surface area contributed by atoms with E-state index in [-0.39, 0.29) is 11.9 Å². The highest BCUT2D eigenvalue weighted by Crippen LogP contribution is 2.23. The molecule has 0 aliphatic carbocycles. The van der Waals surface area contributed by atoms with E-state index in [9.17, 15) is 4.79 Å². The molecule has 1 saturated heterocycles. The first-order valence-corrected chi connectivity index (χ1v) is 6.54. The quantitative estimate of drug-likeness (QED) is 0.845. The lowest BCUT2D eigenvalue weighted by atomic mass is 10.2. The number of carbonyl (C=O) groups excluding carboxylic acids is 1. The molecule has 1 aromatic heterocycles. The van der Waals surface area contributed by atoms with Gasteiger partial charge in [0.05, 0.1) is 0 Å². The van der Waals surface area contributed by atoms with E-state index >= 15 is 0 Å². The van der Waals surface area contributed by atoms with Crippen LogP contribution in [0.4, 0.5) is 6.01 Å². The summed E-state index contributed by atoms with van der Waals surface area (Å²) in [6, 6.07) is 9.77. The minimum absolute atomic E-state index is 0.0898. The number of likely N-dealkylation sites (tertiary alicyclic amines) is 1. The van der Waals surface area contributed by atoms with E-state index in [4.69, 9.17) is 4.52 Å². The molecule has 0 N–H and O–H groups in total. The highest BCUT2D eigenvalue weighted by molar-refractivity contribution is 5.86. The van der Waals surface area contributed by atoms with Crippen molar-refractivity contribution in [2.75, 3.05) is 25.5 Å². The molecule has 1 aromatic carbocycles. The van der Waals surface area contributed by atoms with Gasteiger partial charge in [-0.2, -0.15) is 4.98 Å². The molecule has 20 heavy (non-hydrogen) atoms. The zero-order chi connectivity index (χ0) is 14.1. The number of nitrogens with zero attached hydrogens (tertiary/aromatic N) is 4. The first kappa shape index (κ1) is 12.7. The molecule has 104 valence electrons. The van der Waals surface area contributed by atoms with Crippen molar-refractivity contribution in [3.05, 3.63) is 30.3 Å². The summed E-state index contributed by atoms with van der Waals surface area (Å²) in [5.41, 5.74) is 0.894. The number of anilines is 1. The van der Waals surface area contributed by atoms with Crippen LogP contribution in [-0.2, 0) is 4.79 Å². The van der Waals surface area contributed by atoms with Crippen LogP contribution in [0.25, 0.3) is 11.4 Å². The zero-order valence-corrected chi connectivity index (χ0v) is 11.5. The average molecular weight is 272 g/mol. The Labute approximate surface area is 117 Å². The van der Waals surface area contributed by atoms with Gasteiger partial charge in [0.2, 0.25) is 11.7 Å². The normalized spacial score (nSPS) is 18.6. The van der Waals surface area contributed by atoms with E-state index in [1.165, 1.54) is 0 Å². The minimum atomic E-state index is -0.218. The molecule has 0 saturated carbocycles. The maximum Gasteiger partial charge on any atom is 0.324 e. The highest BCUT2D eigenvalue weighted by atomic mass is 16.5. The molecular weight excluding hydrogens is 256 g/mol. The standard InChI is InChI=1S/C14H16N4O2/c1-17-9-8-11(13(17)19)18(2)14-15-12(16-20-14)10-6-4-3-5-7-10/h3-7,11H,8-9H2,1-2H3. The summed E-state index contributed by atoms with van der Waals surface area (Å²) in [4.78, 5) is 19.8. The van der Waals surface area contributed by atoms with Gasteiger partial charge in [0.1, 0.15) is 6.04 Å². The Bertz CT molecular complexity index is 611. The summed E-state index contributed by atoms with van der Waals surface area (Å²) >= 11 is 0. The Balaban J connectivity index is 1.82. The fraction of sp³-hybridized carbons (Fsp3) is 0.357. The lowest BCUT2D eigenvalue weighted by Gasteiger charge is -2.20. The van der Waals surface area contributed by atoms with E-state index in [1.54, 1.807) is 16.8 Å². The Morgan fingerprint density at radius 2 is 2.10 bits per heavy atom. The molecule has 1 unspecified atom stereocenters. The fourth-order valence-electron chi connectivity index (χ4n) is 2.36. The Morgan fingerprint density at radius 1 is 1.35 bits per heavy atom. The predicted molar refractivity (Wildman–Crippen MR) is 74.2 cm³/mol. The summed E-state index contributed by atoms with van der Waals surface area (Å²) in [6.45, 7) is 0.757. The second-order valence-electron chi connectivity index (χ2n) is 4.94. The average Bonchev–Trinajstić information content (AvgIpc) is 3.08. The number of aromatic nitrogens is 2. The van der Waals surface area contributed by atoms with Crippen LogP contribution in [0.3, 0.4) is 0 Å². The third kappa shape index (κ3) is 2.13. The van der Waals surface area contributed by atoms with Crippen molar-refractivity contribution >= 4 is 11.9 Å². The van der Waals surface area contributed by atoms with Crippen LogP contribution in [0, 0.1) is 0 Å². The molecule has 0 radical (unpaired) electrons. The lowest BCUT2D eigenvalue weighted by molar-refractivity contribution is -0.127. The van der Waals surface area contributed by atoms with Gasteiger partial charge in [-0.3, -0.25) is 4.79 Å². The number of benzene rings is 1. The van der Waals surface area contributed by atoms with Crippen LogP contribution in [0.5, 0.6) is 0 Å². The highest BCUT2D eigenvalue weighted by Gasteiger charge is 2.34. The summed E-state index contributed by atoms with van der Waals surface area (Å²) in [6.07, 6.45) is 0.773. The van der Waals surface area contributed by atoms with Crippen LogP contribution in [-0.4, -0.2) is 47.6 Å². The molecule has 0 spiro atoms. The molecule has 1 fully saturated rings. The summed E-state index contributed by atoms with van der Waals surface area (Å²) in [7, 11) is 3.61. The van der Waals surface area contributed by atoms with Gasteiger partial charge in [-0.05, 0) is 6.42 Å². The van der Waals surface area contributed by atoms with Gasteiger partial charge in [-0.25, -0.2) is 0 Å². The number of amides is 1. The van der Waals surface area contributed by atoms with Crippen molar-refractivity contribution in [2.24, 2.45) is 0 Å². The topological polar surface area (TPSA) is 62.5 Å². The lowest BCUT2D eigenvalue weighted by Crippen LogP contribution is -2.38. The maximum absolute atomic E-state index is 12.0. The van der Waals surface area contributed by atoms with Crippen molar-refractivity contribution in [3.63, 3.8) is 0 Å². The molecular formula is C14H16N4O2. The first-order chi connectivity index (χ1) is 9.66. The number of likely N-dealkylation sites (N-methyl/N-ethyl adjacent to an activating group) is 2. The molecule has 6 nitrogen and oxygen atoms in total. The zero-order valence-electron chi connectivity index (χ0n) is 11.5. The van der Waals surface area contributed by atoms with Gasteiger partial charge in [-0.1, -0.05) is 35.5 Å². The molecule has 2 aromatic rings. The van der Waals surface area contributed by atoms with Crippen molar-refractivity contribution in [3.8, 4) is 11.4 Å². The van der Waals surface area contributed by atoms with E-state index in [0.717, 1.165) is 18.5 Å². The van der Waals surface area contributed by atoms with Crippen molar-refractivity contribution in [1.82, 2.24) is 15.0 Å². The second-order valence-corrected chi connectivity index (χ2v) is 4.94. The van der Waals surface area contributed by atoms with Crippen molar-refractivity contribution < 1.29 is 9.32 Å². The third-order valence-electron chi connectivity index (χ3n) is 3.62. The first-order valence-electron chi connectivity index (χ1n) is 6.54. The fourth-order valence-corrected chi connectivity index (χ4v) is 2.36. The predicted octanol–water partition coefficient (Wildman–Crippen LogP) is 1.40. The van der Waals surface area contributed by atoms with Gasteiger partial charge < -0.3 is 14.3 Å². The van der Waals surface area contributed by atoms with E-state index in [1.807, 2.05) is 37.4 Å². The second kappa shape index (κ2) is 4.96. The molecule has 1 aliphatic rings. The van der Waals surface area contributed by atoms with Gasteiger partial charge in [0, 0.05) is 26.2 Å². The molecule has 6 heteroatoms. The number of carbonyl (C=O) groups is 1. The van der Waals surface area contributed by atoms with Crippen molar-refractivity contribution in [2.45, 2.75) is 12.5 Å². The van der Waals surface area contributed by atoms with E-state index < -0.39 is 0 Å². The summed E-state index contributed by atoms with van der Waals surface area (Å²) < 4.78 is 5.27. The Morgan fingerprint density at radius 3 is 2.75 bits per heavy atom. The smallest absolute Gasteiger partial charge is 0.324 e. The minimum Gasteiger partial charge on any atom is -0.344 e. The maximum atomic E-state index is 12.0. The summed E-state index contributed by atoms with van der Waals surface area (Å²) in [5.74, 6) is 0.623. The van der Waals surface area contributed by atoms with Gasteiger partial charge in [-0.15, -0.1) is 0 Å². The molecule has 3 rings (SSSR count). The molecule has 0 bridgehead atoms.